The second-order valence-corrected chi connectivity index (χ2v) is 8.00. The number of hydrogen-bond donors (Lipinski definition) is 1. The molecule has 0 aliphatic heterocycles. The van der Waals surface area contributed by atoms with Crippen LogP contribution in [0.1, 0.15) is 24.3 Å². The van der Waals surface area contributed by atoms with E-state index in [0.717, 1.165) is 25.5 Å². The second kappa shape index (κ2) is 7.10. The number of halogens is 3. The van der Waals surface area contributed by atoms with E-state index < -0.39 is 34.2 Å². The van der Waals surface area contributed by atoms with E-state index in [2.05, 4.69) is 19.4 Å². The predicted octanol–water partition coefficient (Wildman–Crippen LogP) is 3.16. The number of rotatable bonds is 7. The Morgan fingerprint density at radius 1 is 1.28 bits per heavy atom. The van der Waals surface area contributed by atoms with E-state index in [0.29, 0.717) is 17.6 Å². The van der Waals surface area contributed by atoms with Crippen molar-refractivity contribution >= 4 is 21.4 Å². The minimum atomic E-state index is -4.22. The Kier molecular flexibility index (Phi) is 4.73. The van der Waals surface area contributed by atoms with Crippen molar-refractivity contribution in [2.75, 3.05) is 11.8 Å². The van der Waals surface area contributed by atoms with Crippen LogP contribution >= 0.6 is 0 Å². The first-order chi connectivity index (χ1) is 13.8. The van der Waals surface area contributed by atoms with Crippen LogP contribution in [-0.4, -0.2) is 36.5 Å². The van der Waals surface area contributed by atoms with Crippen LogP contribution in [0.5, 0.6) is 11.8 Å². The summed E-state index contributed by atoms with van der Waals surface area (Å²) in [5.41, 5.74) is 1.16. The van der Waals surface area contributed by atoms with E-state index in [9.17, 15) is 21.6 Å². The molecule has 0 atom stereocenters. The SMILES string of the molecule is COc1nc(OC(F)F)c(F)cc1NS(=O)(=O)c1cnc2cc(C3CC3)ccn12. The molecule has 1 aliphatic carbocycles. The summed E-state index contributed by atoms with van der Waals surface area (Å²) in [6.45, 7) is -3.30. The highest BCUT2D eigenvalue weighted by Crippen LogP contribution is 2.40. The minimum Gasteiger partial charge on any atom is -0.479 e. The van der Waals surface area contributed by atoms with Gasteiger partial charge in [-0.05, 0) is 36.5 Å². The van der Waals surface area contributed by atoms with Gasteiger partial charge in [-0.3, -0.25) is 9.12 Å². The van der Waals surface area contributed by atoms with Gasteiger partial charge in [0.25, 0.3) is 15.9 Å². The molecule has 0 radical (unpaired) electrons. The molecule has 0 aromatic carbocycles. The van der Waals surface area contributed by atoms with Gasteiger partial charge in [-0.25, -0.2) is 9.37 Å². The summed E-state index contributed by atoms with van der Waals surface area (Å²) in [6.07, 6.45) is 4.94. The number of nitrogens with zero attached hydrogens (tertiary/aromatic N) is 3. The Labute approximate surface area is 163 Å². The van der Waals surface area contributed by atoms with Crippen molar-refractivity contribution in [3.05, 3.63) is 42.0 Å². The lowest BCUT2D eigenvalue weighted by atomic mass is 10.2. The molecule has 3 heterocycles. The fourth-order valence-corrected chi connectivity index (χ4v) is 4.04. The molecule has 3 aromatic rings. The van der Waals surface area contributed by atoms with Gasteiger partial charge in [-0.15, -0.1) is 0 Å². The van der Waals surface area contributed by atoms with Crippen molar-refractivity contribution in [2.24, 2.45) is 0 Å². The number of ether oxygens (including phenoxy) is 2. The minimum absolute atomic E-state index is 0.190. The highest BCUT2D eigenvalue weighted by molar-refractivity contribution is 7.92. The Balaban J connectivity index is 1.68. The Morgan fingerprint density at radius 3 is 2.69 bits per heavy atom. The molecule has 0 saturated heterocycles. The Bertz CT molecular complexity index is 1180. The van der Waals surface area contributed by atoms with Crippen LogP contribution in [-0.2, 0) is 10.0 Å². The van der Waals surface area contributed by atoms with Crippen LogP contribution in [0.3, 0.4) is 0 Å². The molecule has 154 valence electrons. The zero-order valence-corrected chi connectivity index (χ0v) is 15.8. The van der Waals surface area contributed by atoms with Gasteiger partial charge in [-0.1, -0.05) is 0 Å². The van der Waals surface area contributed by atoms with E-state index in [1.807, 2.05) is 12.1 Å². The fourth-order valence-electron chi connectivity index (χ4n) is 2.89. The largest absolute Gasteiger partial charge is 0.479 e. The Morgan fingerprint density at radius 2 is 2.03 bits per heavy atom. The van der Waals surface area contributed by atoms with Crippen LogP contribution in [0.25, 0.3) is 5.65 Å². The molecule has 4 rings (SSSR count). The molecular formula is C17H15F3N4O4S. The molecule has 8 nitrogen and oxygen atoms in total. The van der Waals surface area contributed by atoms with Gasteiger partial charge in [0, 0.05) is 12.3 Å². The normalized spacial score (nSPS) is 14.4. The number of fused-ring (bicyclic) bond motifs is 1. The van der Waals surface area contributed by atoms with E-state index in [-0.39, 0.29) is 10.7 Å². The fraction of sp³-hybridized carbons (Fsp3) is 0.294. The van der Waals surface area contributed by atoms with Gasteiger partial charge in [-0.2, -0.15) is 22.2 Å². The number of aromatic nitrogens is 3. The first kappa shape index (κ1) is 19.3. The summed E-state index contributed by atoms with van der Waals surface area (Å²) >= 11 is 0. The summed E-state index contributed by atoms with van der Waals surface area (Å²) in [4.78, 5) is 7.57. The third-order valence-corrected chi connectivity index (χ3v) is 5.72. The van der Waals surface area contributed by atoms with Crippen molar-refractivity contribution < 1.29 is 31.1 Å². The van der Waals surface area contributed by atoms with Crippen LogP contribution < -0.4 is 14.2 Å². The summed E-state index contributed by atoms with van der Waals surface area (Å²) in [5.74, 6) is -2.25. The summed E-state index contributed by atoms with van der Waals surface area (Å²) < 4.78 is 76.6. The average Bonchev–Trinajstić information content (AvgIpc) is 3.41. The van der Waals surface area contributed by atoms with Gasteiger partial charge < -0.3 is 9.47 Å². The maximum absolute atomic E-state index is 14.0. The second-order valence-electron chi connectivity index (χ2n) is 6.38. The smallest absolute Gasteiger partial charge is 0.388 e. The molecule has 0 spiro atoms. The summed E-state index contributed by atoms with van der Waals surface area (Å²) in [5, 5.41) is -0.190. The van der Waals surface area contributed by atoms with Gasteiger partial charge in [0.05, 0.1) is 13.3 Å². The topological polar surface area (TPSA) is 94.8 Å². The van der Waals surface area contributed by atoms with Crippen molar-refractivity contribution in [3.8, 4) is 11.8 Å². The number of alkyl halides is 2. The molecular weight excluding hydrogens is 413 g/mol. The van der Waals surface area contributed by atoms with Crippen LogP contribution in [0.15, 0.2) is 35.6 Å². The van der Waals surface area contributed by atoms with Crippen LogP contribution in [0.2, 0.25) is 0 Å². The standard InChI is InChI=1S/C17H15F3N4O4S/c1-27-16-12(7-11(18)15(22-16)28-17(19)20)23-29(25,26)14-8-21-13-6-10(9-2-3-9)4-5-24(13)14/h4-9,17,23H,2-3H2,1H3. The summed E-state index contributed by atoms with van der Waals surface area (Å²) in [6, 6.07) is 4.29. The number of anilines is 1. The molecule has 0 unspecified atom stereocenters. The monoisotopic (exact) mass is 428 g/mol. The zero-order valence-electron chi connectivity index (χ0n) is 15.0. The molecule has 1 N–H and O–H groups in total. The van der Waals surface area contributed by atoms with Crippen molar-refractivity contribution in [2.45, 2.75) is 30.4 Å². The molecule has 0 amide bonds. The third-order valence-electron chi connectivity index (χ3n) is 4.37. The number of imidazole rings is 1. The zero-order chi connectivity index (χ0) is 20.8. The highest BCUT2D eigenvalue weighted by Gasteiger charge is 2.26. The quantitative estimate of drug-likeness (QED) is 0.621. The maximum atomic E-state index is 14.0. The molecule has 1 aliphatic rings. The number of pyridine rings is 2. The molecule has 0 bridgehead atoms. The van der Waals surface area contributed by atoms with Gasteiger partial charge in [0.15, 0.2) is 10.8 Å². The predicted molar refractivity (Wildman–Crippen MR) is 95.4 cm³/mol. The number of methoxy groups -OCH3 is 1. The lowest BCUT2D eigenvalue weighted by Gasteiger charge is -2.13. The number of hydrogen-bond acceptors (Lipinski definition) is 6. The lowest BCUT2D eigenvalue weighted by Crippen LogP contribution is -2.17. The van der Waals surface area contributed by atoms with Crippen molar-refractivity contribution in [1.82, 2.24) is 14.4 Å². The van der Waals surface area contributed by atoms with E-state index in [4.69, 9.17) is 4.74 Å². The van der Waals surface area contributed by atoms with E-state index in [1.54, 1.807) is 6.20 Å². The summed E-state index contributed by atoms with van der Waals surface area (Å²) in [7, 11) is -3.10. The first-order valence-corrected chi connectivity index (χ1v) is 9.96. The lowest BCUT2D eigenvalue weighted by molar-refractivity contribution is -0.0555. The van der Waals surface area contributed by atoms with Gasteiger partial charge in [0.1, 0.15) is 11.3 Å². The molecule has 3 aromatic heterocycles. The highest BCUT2D eigenvalue weighted by atomic mass is 32.2. The van der Waals surface area contributed by atoms with Gasteiger partial charge in [0.2, 0.25) is 5.88 Å². The third kappa shape index (κ3) is 3.79. The average molecular weight is 428 g/mol. The maximum Gasteiger partial charge on any atom is 0.388 e. The molecule has 1 saturated carbocycles. The van der Waals surface area contributed by atoms with Crippen molar-refractivity contribution in [1.29, 1.82) is 0 Å². The molecule has 1 fully saturated rings. The molecule has 29 heavy (non-hydrogen) atoms. The number of nitrogens with one attached hydrogen (secondary N) is 1. The van der Waals surface area contributed by atoms with Crippen LogP contribution in [0, 0.1) is 5.82 Å². The number of sulfonamides is 1. The first-order valence-electron chi connectivity index (χ1n) is 8.47. The molecule has 12 heteroatoms. The van der Waals surface area contributed by atoms with E-state index in [1.165, 1.54) is 10.6 Å². The van der Waals surface area contributed by atoms with E-state index >= 15 is 0 Å². The van der Waals surface area contributed by atoms with Gasteiger partial charge >= 0.3 is 6.61 Å². The Hall–Kier alpha value is -3.02. The van der Waals surface area contributed by atoms with Crippen molar-refractivity contribution in [3.63, 3.8) is 0 Å². The van der Waals surface area contributed by atoms with Crippen LogP contribution in [0.4, 0.5) is 18.9 Å².